The average molecular weight is 439 g/mol. The van der Waals surface area contributed by atoms with Crippen molar-refractivity contribution in [2.24, 2.45) is 0 Å². The third-order valence-corrected chi connectivity index (χ3v) is 3.81. The fourth-order valence-corrected chi connectivity index (χ4v) is 2.57. The second-order valence-corrected chi connectivity index (χ2v) is 9.34. The number of hydrogen-bond donors (Lipinski definition) is 0. The summed E-state index contributed by atoms with van der Waals surface area (Å²) >= 11 is -0.826. The molecule has 0 aromatic carbocycles. The van der Waals surface area contributed by atoms with E-state index in [1.807, 2.05) is 38.2 Å². The number of rotatable bonds is 4. The minimum absolute atomic E-state index is 0.826. The van der Waals surface area contributed by atoms with Crippen molar-refractivity contribution in [1.29, 1.82) is 0 Å². The van der Waals surface area contributed by atoms with E-state index in [9.17, 15) is 0 Å². The quantitative estimate of drug-likeness (QED) is 0.335. The second-order valence-electron chi connectivity index (χ2n) is 5.60. The summed E-state index contributed by atoms with van der Waals surface area (Å²) in [5.74, 6) is 4.32. The molecule has 0 spiro atoms. The zero-order valence-electron chi connectivity index (χ0n) is 14.4. The van der Waals surface area contributed by atoms with Crippen LogP contribution in [0.1, 0.15) is 33.1 Å². The zero-order chi connectivity index (χ0) is 17.8. The van der Waals surface area contributed by atoms with E-state index >= 15 is 0 Å². The van der Waals surface area contributed by atoms with Gasteiger partial charge in [0.25, 0.3) is 0 Å². The van der Waals surface area contributed by atoms with Crippen molar-refractivity contribution in [1.82, 2.24) is 0 Å². The van der Waals surface area contributed by atoms with Crippen LogP contribution in [0.4, 0.5) is 0 Å². The monoisotopic (exact) mass is 436 g/mol. The van der Waals surface area contributed by atoms with Crippen molar-refractivity contribution in [3.63, 3.8) is 0 Å². The molecule has 2 saturated carbocycles. The molecule has 0 saturated heterocycles. The third kappa shape index (κ3) is 8.38. The topological polar surface area (TPSA) is 0 Å². The van der Waals surface area contributed by atoms with E-state index < -0.39 is 20.8 Å². The molecule has 3 aliphatic rings. The molecule has 0 heterocycles. The Labute approximate surface area is 168 Å². The molecule has 10 radical (unpaired) electrons. The summed E-state index contributed by atoms with van der Waals surface area (Å²) in [6.45, 7) is 8.14. The van der Waals surface area contributed by atoms with Gasteiger partial charge < -0.3 is 0 Å². The summed E-state index contributed by atoms with van der Waals surface area (Å²) in [4.78, 5) is 0. The Bertz CT molecular complexity index is 376. The van der Waals surface area contributed by atoms with Crippen LogP contribution in [0.5, 0.6) is 0 Å². The fourth-order valence-electron chi connectivity index (χ4n) is 2.57. The molecule has 0 atom stereocenters. The average Bonchev–Trinajstić information content (AvgIpc) is 3.25. The fraction of sp³-hybridized carbons (Fsp3) is 0.238. The van der Waals surface area contributed by atoms with Gasteiger partial charge in [0, 0.05) is 11.8 Å². The van der Waals surface area contributed by atoms with E-state index in [2.05, 4.69) is 45.4 Å². The van der Waals surface area contributed by atoms with Crippen LogP contribution in [0, 0.1) is 62.7 Å². The molecule has 0 aromatic heterocycles. The Balaban J connectivity index is 0.000000298. The second kappa shape index (κ2) is 13.8. The third-order valence-electron chi connectivity index (χ3n) is 3.81. The molecule has 0 N–H and O–H groups in total. The van der Waals surface area contributed by atoms with Crippen molar-refractivity contribution in [3.05, 3.63) is 98.7 Å². The van der Waals surface area contributed by atoms with Crippen molar-refractivity contribution in [2.45, 2.75) is 33.1 Å². The number of unbranched alkanes of at least 4 members (excludes halogenated alkanes) is 1. The van der Waals surface area contributed by atoms with Crippen molar-refractivity contribution in [2.75, 3.05) is 0 Å². The van der Waals surface area contributed by atoms with E-state index in [-0.39, 0.29) is 0 Å². The summed E-state index contributed by atoms with van der Waals surface area (Å²) in [5, 5.41) is 0. The molecule has 3 aliphatic carbocycles. The van der Waals surface area contributed by atoms with Crippen LogP contribution in [0.3, 0.4) is 0 Å². The first-order chi connectivity index (χ1) is 11.6. The Hall–Kier alpha value is 0.683. The maximum atomic E-state index is 4.93. The summed E-state index contributed by atoms with van der Waals surface area (Å²) in [6.07, 6.45) is 24.6. The van der Waals surface area contributed by atoms with E-state index in [4.69, 9.17) is 17.0 Å². The zero-order valence-corrected chi connectivity index (χ0v) is 18.3. The Kier molecular flexibility index (Phi) is 13.1. The van der Waals surface area contributed by atoms with Gasteiger partial charge in [0.05, 0.1) is 0 Å². The first kappa shape index (κ1) is 22.7. The Morgan fingerprint density at radius 1 is 0.917 bits per heavy atom. The van der Waals surface area contributed by atoms with Crippen molar-refractivity contribution in [3.8, 4) is 0 Å². The van der Waals surface area contributed by atoms with Gasteiger partial charge in [-0.2, -0.15) is 0 Å². The van der Waals surface area contributed by atoms with Crippen LogP contribution < -0.4 is 0 Å². The van der Waals surface area contributed by atoms with Crippen LogP contribution in [-0.4, -0.2) is 0 Å². The van der Waals surface area contributed by atoms with Crippen LogP contribution >= 0.6 is 17.0 Å². The first-order valence-electron chi connectivity index (χ1n) is 8.03. The van der Waals surface area contributed by atoms with Crippen LogP contribution in [-0.2, 0) is 20.8 Å². The summed E-state index contributed by atoms with van der Waals surface area (Å²) in [7, 11) is 9.87. The molecule has 3 heteroatoms. The minimum atomic E-state index is -0.826. The van der Waals surface area contributed by atoms with E-state index in [1.165, 1.54) is 41.7 Å². The Morgan fingerprint density at radius 3 is 1.71 bits per heavy atom. The van der Waals surface area contributed by atoms with Gasteiger partial charge in [-0.3, -0.25) is 0 Å². The van der Waals surface area contributed by atoms with E-state index in [1.54, 1.807) is 0 Å². The molecule has 0 bridgehead atoms. The molecule has 0 amide bonds. The van der Waals surface area contributed by atoms with Crippen LogP contribution in [0.2, 0.25) is 0 Å². The van der Waals surface area contributed by atoms with Gasteiger partial charge in [0.2, 0.25) is 0 Å². The van der Waals surface area contributed by atoms with Crippen LogP contribution in [0.25, 0.3) is 0 Å². The predicted octanol–water partition coefficient (Wildman–Crippen LogP) is 6.79. The maximum absolute atomic E-state index is 4.93. The first-order valence-corrected chi connectivity index (χ1v) is 14.4. The molecule has 24 heavy (non-hydrogen) atoms. The van der Waals surface area contributed by atoms with Gasteiger partial charge in [-0.25, -0.2) is 0 Å². The molecule has 0 aromatic rings. The summed E-state index contributed by atoms with van der Waals surface area (Å²) < 4.78 is 0. The molecule has 0 nitrogen and oxygen atoms in total. The van der Waals surface area contributed by atoms with Gasteiger partial charge in [0.1, 0.15) is 0 Å². The van der Waals surface area contributed by atoms with E-state index in [0.717, 1.165) is 6.42 Å². The molecular formula is C21H24Cl2Zr+2. The molecule has 0 aliphatic heterocycles. The molecule has 3 rings (SSSR count). The van der Waals surface area contributed by atoms with E-state index in [0.29, 0.717) is 0 Å². The van der Waals surface area contributed by atoms with Gasteiger partial charge in [0.15, 0.2) is 0 Å². The van der Waals surface area contributed by atoms with Crippen LogP contribution in [0.15, 0.2) is 36.0 Å². The van der Waals surface area contributed by atoms with Gasteiger partial charge in [-0.05, 0) is 84.0 Å². The number of hydrogen-bond acceptors (Lipinski definition) is 0. The van der Waals surface area contributed by atoms with Gasteiger partial charge in [-0.15, -0.1) is 6.58 Å². The van der Waals surface area contributed by atoms with Gasteiger partial charge in [-0.1, -0.05) is 29.4 Å². The van der Waals surface area contributed by atoms with Gasteiger partial charge >= 0.3 is 37.9 Å². The summed E-state index contributed by atoms with van der Waals surface area (Å²) in [5.41, 5.74) is 2.77. The standard InChI is InChI=1S/C16H19.C5H5.2ClH.Zr/c1-4-5-6-7-14-10-15-12(2)8-9-13(3)16(15)11-14;1-2-4-5-3-1;;;/h4,8-11H,1,5-7H2,2-3H3;1-5H;2*1H;/q;;;;+4/p-2. The number of fused-ring (bicyclic) bond motifs is 1. The molecule has 124 valence electrons. The molecule has 2 fully saturated rings. The Morgan fingerprint density at radius 2 is 1.33 bits per heavy atom. The normalized spacial score (nSPS) is 20.7. The molecular weight excluding hydrogens is 414 g/mol. The molecule has 0 unspecified atom stereocenters. The summed E-state index contributed by atoms with van der Waals surface area (Å²) in [6, 6.07) is 0. The van der Waals surface area contributed by atoms with Crippen molar-refractivity contribution < 1.29 is 20.8 Å². The SMILES string of the molecule is C=CCCC[C]1[CH][C]2[C]([CH]1)C(C)=CC=C2C.[CH]1[CH][CH][CH][CH]1.[Cl][Zr+2][Cl]. The number of halogens is 2. The predicted molar refractivity (Wildman–Crippen MR) is 103 cm³/mol. The number of allylic oxidation sites excluding steroid dienone is 5. The van der Waals surface area contributed by atoms with Crippen molar-refractivity contribution >= 4 is 17.0 Å².